The quantitative estimate of drug-likeness (QED) is 0.712. The van der Waals surface area contributed by atoms with Crippen molar-refractivity contribution in [3.05, 3.63) is 51.5 Å². The average molecular weight is 475 g/mol. The molecule has 27 heavy (non-hydrogen) atoms. The molecular formula is C18H17BrClNO5S. The summed E-state index contributed by atoms with van der Waals surface area (Å²) >= 11 is 9.47. The van der Waals surface area contributed by atoms with Crippen LogP contribution in [0.25, 0.3) is 0 Å². The van der Waals surface area contributed by atoms with Crippen molar-refractivity contribution in [1.29, 1.82) is 0 Å². The van der Waals surface area contributed by atoms with Crippen LogP contribution in [-0.4, -0.2) is 33.3 Å². The van der Waals surface area contributed by atoms with E-state index in [4.69, 9.17) is 21.1 Å². The van der Waals surface area contributed by atoms with E-state index in [1.807, 2.05) is 0 Å². The molecule has 0 fully saturated rings. The molecular weight excluding hydrogens is 458 g/mol. The molecule has 0 spiro atoms. The number of nitrogens with one attached hydrogen (secondary N) is 1. The number of sulfone groups is 1. The Morgan fingerprint density at radius 1 is 1.15 bits per heavy atom. The number of hydrogen-bond donors (Lipinski definition) is 1. The number of fused-ring (bicyclic) bond motifs is 1. The summed E-state index contributed by atoms with van der Waals surface area (Å²) in [5, 5.41) is 2.79. The first kappa shape index (κ1) is 20.0. The Balaban J connectivity index is 1.69. The lowest BCUT2D eigenvalue weighted by Gasteiger charge is -2.12. The molecule has 0 saturated heterocycles. The van der Waals surface area contributed by atoms with E-state index in [0.29, 0.717) is 30.3 Å². The zero-order valence-corrected chi connectivity index (χ0v) is 17.4. The molecule has 1 heterocycles. The fraction of sp³-hybridized carbons (Fsp3) is 0.278. The third kappa shape index (κ3) is 5.60. The molecule has 9 heteroatoms. The maximum Gasteiger partial charge on any atom is 0.239 e. The van der Waals surface area contributed by atoms with Gasteiger partial charge in [0.1, 0.15) is 5.75 Å². The molecule has 0 unspecified atom stereocenters. The zero-order valence-electron chi connectivity index (χ0n) is 14.2. The van der Waals surface area contributed by atoms with Gasteiger partial charge in [-0.15, -0.1) is 0 Å². The summed E-state index contributed by atoms with van der Waals surface area (Å²) in [5.41, 5.74) is 0.884. The second kappa shape index (κ2) is 8.50. The minimum Gasteiger partial charge on any atom is -0.490 e. The number of rotatable bonds is 5. The predicted octanol–water partition coefficient (Wildman–Crippen LogP) is 3.82. The molecule has 0 atom stereocenters. The van der Waals surface area contributed by atoms with E-state index < -0.39 is 21.5 Å². The fourth-order valence-electron chi connectivity index (χ4n) is 2.60. The lowest BCUT2D eigenvalue weighted by atomic mass is 10.2. The lowest BCUT2D eigenvalue weighted by molar-refractivity contribution is -0.113. The summed E-state index contributed by atoms with van der Waals surface area (Å²) in [4.78, 5) is 12.2. The first-order valence-corrected chi connectivity index (χ1v) is 11.2. The largest absolute Gasteiger partial charge is 0.490 e. The van der Waals surface area contributed by atoms with Crippen LogP contribution in [0.3, 0.4) is 0 Å². The molecule has 0 aromatic heterocycles. The molecule has 0 bridgehead atoms. The second-order valence-corrected chi connectivity index (χ2v) is 9.43. The van der Waals surface area contributed by atoms with Crippen molar-refractivity contribution in [2.24, 2.45) is 0 Å². The van der Waals surface area contributed by atoms with Crippen LogP contribution in [0.5, 0.6) is 11.5 Å². The van der Waals surface area contributed by atoms with Gasteiger partial charge in [-0.3, -0.25) is 4.79 Å². The van der Waals surface area contributed by atoms with Gasteiger partial charge in [0, 0.05) is 23.0 Å². The molecule has 1 aliphatic rings. The van der Waals surface area contributed by atoms with Gasteiger partial charge < -0.3 is 14.8 Å². The average Bonchev–Trinajstić information content (AvgIpc) is 2.79. The Hall–Kier alpha value is -1.77. The molecule has 0 saturated carbocycles. The van der Waals surface area contributed by atoms with Gasteiger partial charge in [0.2, 0.25) is 5.91 Å². The third-order valence-corrected chi connectivity index (χ3v) is 6.02. The molecule has 1 N–H and O–H groups in total. The monoisotopic (exact) mass is 473 g/mol. The molecule has 144 valence electrons. The zero-order chi connectivity index (χ0) is 19.4. The highest BCUT2D eigenvalue weighted by atomic mass is 79.9. The van der Waals surface area contributed by atoms with E-state index in [1.165, 1.54) is 0 Å². The van der Waals surface area contributed by atoms with Crippen LogP contribution in [0.2, 0.25) is 5.02 Å². The van der Waals surface area contributed by atoms with Crippen molar-refractivity contribution in [2.45, 2.75) is 12.2 Å². The topological polar surface area (TPSA) is 81.7 Å². The molecule has 1 amide bonds. The molecule has 2 aromatic rings. The number of carbonyl (C=O) groups is 1. The van der Waals surface area contributed by atoms with Gasteiger partial charge in [-0.05, 0) is 17.7 Å². The van der Waals surface area contributed by atoms with E-state index >= 15 is 0 Å². The predicted molar refractivity (Wildman–Crippen MR) is 107 cm³/mol. The lowest BCUT2D eigenvalue weighted by Crippen LogP contribution is -2.24. The van der Waals surface area contributed by atoms with E-state index in [0.717, 1.165) is 10.9 Å². The molecule has 0 aliphatic carbocycles. The number of carbonyl (C=O) groups excluding carboxylic acids is 1. The van der Waals surface area contributed by atoms with Gasteiger partial charge in [-0.25, -0.2) is 8.42 Å². The third-order valence-electron chi connectivity index (χ3n) is 3.74. The highest BCUT2D eigenvalue weighted by molar-refractivity contribution is 9.10. The Morgan fingerprint density at radius 2 is 1.85 bits per heavy atom. The fourth-order valence-corrected chi connectivity index (χ4v) is 4.51. The van der Waals surface area contributed by atoms with Gasteiger partial charge in [-0.2, -0.15) is 0 Å². The standard InChI is InChI=1S/C18H17BrClNO5S/c19-13-4-1-3-12(7-13)10-27(23,24)11-18(22)21-15-9-17-16(8-14(15)20)25-5-2-6-26-17/h1,3-4,7-9H,2,5-6,10-11H2,(H,21,22). The Morgan fingerprint density at radius 3 is 2.56 bits per heavy atom. The SMILES string of the molecule is O=C(CS(=O)(=O)Cc1cccc(Br)c1)Nc1cc2c(cc1Cl)OCCCO2. The highest BCUT2D eigenvalue weighted by Crippen LogP contribution is 2.37. The molecule has 1 aliphatic heterocycles. The van der Waals surface area contributed by atoms with Gasteiger partial charge in [0.25, 0.3) is 0 Å². The van der Waals surface area contributed by atoms with Crippen LogP contribution in [0.4, 0.5) is 5.69 Å². The number of halogens is 2. The van der Waals surface area contributed by atoms with Crippen LogP contribution in [0, 0.1) is 0 Å². The first-order chi connectivity index (χ1) is 12.8. The number of ether oxygens (including phenoxy) is 2. The van der Waals surface area contributed by atoms with E-state index in [2.05, 4.69) is 21.2 Å². The molecule has 0 radical (unpaired) electrons. The highest BCUT2D eigenvalue weighted by Gasteiger charge is 2.20. The maximum atomic E-state index is 12.3. The summed E-state index contributed by atoms with van der Waals surface area (Å²) in [5.74, 6) is -0.581. The van der Waals surface area contributed by atoms with Crippen LogP contribution in [-0.2, 0) is 20.4 Å². The van der Waals surface area contributed by atoms with Gasteiger partial charge >= 0.3 is 0 Å². The second-order valence-electron chi connectivity index (χ2n) is 6.04. The van der Waals surface area contributed by atoms with Gasteiger partial charge in [0.15, 0.2) is 21.3 Å². The summed E-state index contributed by atoms with van der Waals surface area (Å²) in [6.07, 6.45) is 0.738. The smallest absolute Gasteiger partial charge is 0.239 e. The molecule has 3 rings (SSSR count). The molecule has 6 nitrogen and oxygen atoms in total. The summed E-state index contributed by atoms with van der Waals surface area (Å²) in [6.45, 7) is 1.01. The maximum absolute atomic E-state index is 12.3. The van der Waals surface area contributed by atoms with Gasteiger partial charge in [0.05, 0.1) is 29.7 Å². The number of anilines is 1. The minimum absolute atomic E-state index is 0.227. The summed E-state index contributed by atoms with van der Waals surface area (Å²) in [7, 11) is -3.64. The summed E-state index contributed by atoms with van der Waals surface area (Å²) in [6, 6.07) is 10.0. The van der Waals surface area contributed by atoms with E-state index in [1.54, 1.807) is 36.4 Å². The molecule has 2 aromatic carbocycles. The van der Waals surface area contributed by atoms with Crippen molar-refractivity contribution in [1.82, 2.24) is 0 Å². The van der Waals surface area contributed by atoms with Crippen LogP contribution < -0.4 is 14.8 Å². The van der Waals surface area contributed by atoms with Crippen molar-refractivity contribution >= 4 is 49.0 Å². The number of benzene rings is 2. The van der Waals surface area contributed by atoms with Gasteiger partial charge in [-0.1, -0.05) is 39.7 Å². The van der Waals surface area contributed by atoms with Crippen molar-refractivity contribution in [3.63, 3.8) is 0 Å². The normalized spacial score (nSPS) is 13.7. The van der Waals surface area contributed by atoms with Crippen LogP contribution >= 0.6 is 27.5 Å². The van der Waals surface area contributed by atoms with E-state index in [-0.39, 0.29) is 16.5 Å². The van der Waals surface area contributed by atoms with Crippen LogP contribution in [0.1, 0.15) is 12.0 Å². The van der Waals surface area contributed by atoms with Crippen molar-refractivity contribution in [2.75, 3.05) is 24.3 Å². The Bertz CT molecular complexity index is 964. The van der Waals surface area contributed by atoms with Crippen molar-refractivity contribution in [3.8, 4) is 11.5 Å². The van der Waals surface area contributed by atoms with Crippen LogP contribution in [0.15, 0.2) is 40.9 Å². The minimum atomic E-state index is -3.64. The Labute approximate surface area is 170 Å². The first-order valence-electron chi connectivity index (χ1n) is 8.16. The number of hydrogen-bond acceptors (Lipinski definition) is 5. The summed E-state index contributed by atoms with van der Waals surface area (Å²) < 4.78 is 36.5. The van der Waals surface area contributed by atoms with E-state index in [9.17, 15) is 13.2 Å². The number of amides is 1. The van der Waals surface area contributed by atoms with Crippen molar-refractivity contribution < 1.29 is 22.7 Å². The Kier molecular flexibility index (Phi) is 6.29.